The van der Waals surface area contributed by atoms with Crippen LogP contribution in [-0.2, 0) is 9.53 Å². The van der Waals surface area contributed by atoms with Crippen molar-refractivity contribution >= 4 is 12.0 Å². The first-order chi connectivity index (χ1) is 13.9. The summed E-state index contributed by atoms with van der Waals surface area (Å²) in [6.07, 6.45) is 0.0325. The van der Waals surface area contributed by atoms with Crippen LogP contribution < -0.4 is 5.32 Å². The van der Waals surface area contributed by atoms with Gasteiger partial charge in [-0.15, -0.1) is 0 Å². The summed E-state index contributed by atoms with van der Waals surface area (Å²) in [4.78, 5) is 26.4. The van der Waals surface area contributed by atoms with Gasteiger partial charge in [-0.1, -0.05) is 0 Å². The van der Waals surface area contributed by atoms with Crippen molar-refractivity contribution in [2.24, 2.45) is 0 Å². The monoisotopic (exact) mass is 428 g/mol. The Morgan fingerprint density at radius 2 is 1.77 bits per heavy atom. The fourth-order valence-electron chi connectivity index (χ4n) is 3.30. The first-order valence-corrected chi connectivity index (χ1v) is 10.0. The number of piperidine rings is 1. The molecular weight excluding hydrogens is 398 g/mol. The fourth-order valence-corrected chi connectivity index (χ4v) is 3.30. The number of halogens is 2. The van der Waals surface area contributed by atoms with Crippen molar-refractivity contribution in [2.45, 2.75) is 63.7 Å². The zero-order valence-electron chi connectivity index (χ0n) is 17.6. The van der Waals surface area contributed by atoms with Gasteiger partial charge in [-0.2, -0.15) is 0 Å². The molecule has 1 saturated heterocycles. The second-order valence-corrected chi connectivity index (χ2v) is 8.59. The lowest BCUT2D eigenvalue weighted by molar-refractivity contribution is -0.145. The molecule has 1 aliphatic heterocycles. The summed E-state index contributed by atoms with van der Waals surface area (Å²) >= 11 is 0. The molecule has 1 atom stereocenters. The van der Waals surface area contributed by atoms with Gasteiger partial charge in [0.05, 0.1) is 6.04 Å². The van der Waals surface area contributed by atoms with Crippen LogP contribution in [0.5, 0.6) is 0 Å². The quantitative estimate of drug-likeness (QED) is 0.647. The minimum atomic E-state index is -1.72. The van der Waals surface area contributed by atoms with Crippen LogP contribution in [0.2, 0.25) is 0 Å². The number of aliphatic hydroxyl groups excluding tert-OH is 1. The minimum Gasteiger partial charge on any atom is -0.444 e. The second kappa shape index (κ2) is 9.70. The Hall–Kier alpha value is -2.26. The molecule has 30 heavy (non-hydrogen) atoms. The highest BCUT2D eigenvalue weighted by molar-refractivity contribution is 5.85. The van der Waals surface area contributed by atoms with Crippen molar-refractivity contribution in [1.29, 1.82) is 0 Å². The van der Waals surface area contributed by atoms with Gasteiger partial charge in [-0.3, -0.25) is 4.79 Å². The number of nitrogens with zero attached hydrogens (tertiary/aromatic N) is 1. The summed E-state index contributed by atoms with van der Waals surface area (Å²) in [5.41, 5.74) is -2.16. The molecule has 0 saturated carbocycles. The molecular formula is C21H30F2N2O5. The number of hydrogen-bond acceptors (Lipinski definition) is 5. The summed E-state index contributed by atoms with van der Waals surface area (Å²) in [6.45, 7) is 5.37. The van der Waals surface area contributed by atoms with Crippen molar-refractivity contribution in [3.8, 4) is 0 Å². The van der Waals surface area contributed by atoms with E-state index in [9.17, 15) is 23.5 Å². The Labute approximate surface area is 175 Å². The second-order valence-electron chi connectivity index (χ2n) is 8.59. The molecule has 168 valence electrons. The molecule has 2 rings (SSSR count). The van der Waals surface area contributed by atoms with Gasteiger partial charge in [0.2, 0.25) is 0 Å². The third-order valence-electron chi connectivity index (χ3n) is 4.91. The normalized spacial score (nSPS) is 17.4. The summed E-state index contributed by atoms with van der Waals surface area (Å²) in [5.74, 6) is -2.24. The number of benzene rings is 1. The lowest BCUT2D eigenvalue weighted by Crippen LogP contribution is -2.55. The van der Waals surface area contributed by atoms with Crippen LogP contribution in [0.1, 0.15) is 58.1 Å². The Morgan fingerprint density at radius 3 is 2.27 bits per heavy atom. The van der Waals surface area contributed by atoms with E-state index in [0.717, 1.165) is 18.2 Å². The van der Waals surface area contributed by atoms with Crippen LogP contribution in [0.15, 0.2) is 18.2 Å². The highest BCUT2D eigenvalue weighted by atomic mass is 19.1. The maximum atomic E-state index is 13.6. The standard InChI is InChI=1S/C21H30F2N2O5/c1-20(2,3)30-19(28)25-8-6-21(29,7-9-25)18(27)24-17(5-4-10-26)14-11-15(22)13-16(23)12-14/h11-13,17,26,29H,4-10H2,1-3H3,(H,24,27). The predicted molar refractivity (Wildman–Crippen MR) is 106 cm³/mol. The van der Waals surface area contributed by atoms with Crippen LogP contribution in [-0.4, -0.2) is 58.0 Å². The first-order valence-electron chi connectivity index (χ1n) is 10.0. The fraction of sp³-hybridized carbons (Fsp3) is 0.619. The summed E-state index contributed by atoms with van der Waals surface area (Å²) in [5, 5.41) is 22.6. The Balaban J connectivity index is 2.05. The summed E-state index contributed by atoms with van der Waals surface area (Å²) in [6, 6.07) is 2.18. The molecule has 7 nitrogen and oxygen atoms in total. The predicted octanol–water partition coefficient (Wildman–Crippen LogP) is 2.66. The molecule has 1 fully saturated rings. The number of rotatable bonds is 6. The highest BCUT2D eigenvalue weighted by Gasteiger charge is 2.42. The third-order valence-corrected chi connectivity index (χ3v) is 4.91. The van der Waals surface area contributed by atoms with Crippen molar-refractivity contribution in [3.63, 3.8) is 0 Å². The van der Waals surface area contributed by atoms with Crippen molar-refractivity contribution in [1.82, 2.24) is 10.2 Å². The van der Waals surface area contributed by atoms with Crippen LogP contribution in [0.25, 0.3) is 0 Å². The molecule has 0 spiro atoms. The van der Waals surface area contributed by atoms with E-state index in [0.29, 0.717) is 6.42 Å². The first kappa shape index (κ1) is 24.0. The largest absolute Gasteiger partial charge is 0.444 e. The summed E-state index contributed by atoms with van der Waals surface area (Å²) in [7, 11) is 0. The van der Waals surface area contributed by atoms with Crippen LogP contribution in [0, 0.1) is 11.6 Å². The number of likely N-dealkylation sites (tertiary alicyclic amines) is 1. The Morgan fingerprint density at radius 1 is 1.20 bits per heavy atom. The number of hydrogen-bond donors (Lipinski definition) is 3. The molecule has 0 aliphatic carbocycles. The average Bonchev–Trinajstić information content (AvgIpc) is 2.63. The van der Waals surface area contributed by atoms with Gasteiger partial charge in [0.15, 0.2) is 0 Å². The van der Waals surface area contributed by atoms with Crippen molar-refractivity contribution in [3.05, 3.63) is 35.4 Å². The number of nitrogens with one attached hydrogen (secondary N) is 1. The van der Waals surface area contributed by atoms with E-state index >= 15 is 0 Å². The van der Waals surface area contributed by atoms with Gasteiger partial charge in [0.1, 0.15) is 22.8 Å². The molecule has 9 heteroatoms. The van der Waals surface area contributed by atoms with Crippen LogP contribution in [0.3, 0.4) is 0 Å². The Kier molecular flexibility index (Phi) is 7.76. The zero-order valence-corrected chi connectivity index (χ0v) is 17.6. The minimum absolute atomic E-state index is 0.00229. The van der Waals surface area contributed by atoms with Gasteiger partial charge in [0, 0.05) is 38.6 Å². The SMILES string of the molecule is CC(C)(C)OC(=O)N1CCC(O)(C(=O)NC(CCCO)c2cc(F)cc(F)c2)CC1. The van der Waals surface area contributed by atoms with E-state index in [2.05, 4.69) is 5.32 Å². The Bertz CT molecular complexity index is 738. The van der Waals surface area contributed by atoms with E-state index in [-0.39, 0.29) is 44.5 Å². The van der Waals surface area contributed by atoms with E-state index < -0.39 is 40.9 Å². The molecule has 1 aliphatic rings. The molecule has 3 N–H and O–H groups in total. The van der Waals surface area contributed by atoms with Gasteiger partial charge in [-0.05, 0) is 51.3 Å². The lowest BCUT2D eigenvalue weighted by Gasteiger charge is -2.38. The zero-order chi connectivity index (χ0) is 22.5. The molecule has 1 aromatic rings. The van der Waals surface area contributed by atoms with Gasteiger partial charge >= 0.3 is 6.09 Å². The number of carbonyl (C=O) groups is 2. The summed E-state index contributed by atoms with van der Waals surface area (Å²) < 4.78 is 32.5. The molecule has 0 radical (unpaired) electrons. The van der Waals surface area contributed by atoms with E-state index in [1.165, 1.54) is 4.90 Å². The maximum Gasteiger partial charge on any atom is 0.410 e. The molecule has 2 amide bonds. The van der Waals surface area contributed by atoms with Gasteiger partial charge < -0.3 is 25.2 Å². The van der Waals surface area contributed by atoms with Gasteiger partial charge in [0.25, 0.3) is 5.91 Å². The lowest BCUT2D eigenvalue weighted by atomic mass is 9.89. The van der Waals surface area contributed by atoms with E-state index in [1.54, 1.807) is 20.8 Å². The smallest absolute Gasteiger partial charge is 0.410 e. The number of carbonyl (C=O) groups excluding carboxylic acids is 2. The number of aliphatic hydroxyl groups is 2. The molecule has 1 heterocycles. The van der Waals surface area contributed by atoms with E-state index in [1.807, 2.05) is 0 Å². The molecule has 0 aromatic heterocycles. The van der Waals surface area contributed by atoms with Gasteiger partial charge in [-0.25, -0.2) is 13.6 Å². The topological polar surface area (TPSA) is 99.1 Å². The number of ether oxygens (including phenoxy) is 1. The van der Waals surface area contributed by atoms with Crippen LogP contribution in [0.4, 0.5) is 13.6 Å². The van der Waals surface area contributed by atoms with Crippen molar-refractivity contribution < 1.29 is 33.3 Å². The average molecular weight is 428 g/mol. The maximum absolute atomic E-state index is 13.6. The number of amides is 2. The van der Waals surface area contributed by atoms with E-state index in [4.69, 9.17) is 9.84 Å². The molecule has 0 bridgehead atoms. The highest BCUT2D eigenvalue weighted by Crippen LogP contribution is 2.27. The van der Waals surface area contributed by atoms with Crippen LogP contribution >= 0.6 is 0 Å². The molecule has 1 unspecified atom stereocenters. The van der Waals surface area contributed by atoms with Crippen molar-refractivity contribution in [2.75, 3.05) is 19.7 Å². The third kappa shape index (κ3) is 6.63. The molecule has 1 aromatic carbocycles.